The minimum absolute atomic E-state index is 0.0146. The van der Waals surface area contributed by atoms with E-state index in [0.717, 1.165) is 17.8 Å². The summed E-state index contributed by atoms with van der Waals surface area (Å²) in [7, 11) is -2.50. The molecular weight excluding hydrogens is 505 g/mol. The minimum Gasteiger partial charge on any atom is -0.495 e. The Bertz CT molecular complexity index is 1170. The standard InChI is InChI=1S/C19H16BrF3N2O3S2/c1-28-15-7-6-12(20)10-17(15)30(26,27)24-8-9-29-16-11-18(19(21,22)23)25-14-5-3-2-4-13(14)16/h2-7,10-11,24H,8-9H2,1H3. The first kappa shape index (κ1) is 22.9. The summed E-state index contributed by atoms with van der Waals surface area (Å²) < 4.78 is 72.8. The molecule has 0 aliphatic carbocycles. The summed E-state index contributed by atoms with van der Waals surface area (Å²) in [6, 6.07) is 12.1. The SMILES string of the molecule is COc1ccc(Br)cc1S(=O)(=O)NCCSc1cc(C(F)(F)F)nc2ccccc12. The fourth-order valence-electron chi connectivity index (χ4n) is 2.68. The molecular formula is C19H16BrF3N2O3S2. The van der Waals surface area contributed by atoms with E-state index in [1.165, 1.54) is 25.3 Å². The van der Waals surface area contributed by atoms with Crippen LogP contribution in [0.3, 0.4) is 0 Å². The Hall–Kier alpha value is -1.82. The molecule has 0 spiro atoms. The maximum atomic E-state index is 13.2. The van der Waals surface area contributed by atoms with Gasteiger partial charge in [0.15, 0.2) is 0 Å². The van der Waals surface area contributed by atoms with Crippen molar-refractivity contribution < 1.29 is 26.3 Å². The number of sulfonamides is 1. The lowest BCUT2D eigenvalue weighted by molar-refractivity contribution is -0.141. The number of nitrogens with zero attached hydrogens (tertiary/aromatic N) is 1. The Morgan fingerprint density at radius 1 is 1.17 bits per heavy atom. The molecule has 0 bridgehead atoms. The lowest BCUT2D eigenvalue weighted by Crippen LogP contribution is -2.26. The van der Waals surface area contributed by atoms with Crippen LogP contribution in [0.1, 0.15) is 5.69 Å². The predicted molar refractivity (Wildman–Crippen MR) is 113 cm³/mol. The van der Waals surface area contributed by atoms with Crippen LogP contribution in [0.4, 0.5) is 13.2 Å². The normalized spacial score (nSPS) is 12.3. The molecule has 0 saturated carbocycles. The molecule has 1 N–H and O–H groups in total. The minimum atomic E-state index is -4.57. The molecule has 0 fully saturated rings. The van der Waals surface area contributed by atoms with Crippen molar-refractivity contribution in [3.63, 3.8) is 0 Å². The third kappa shape index (κ3) is 5.26. The topological polar surface area (TPSA) is 68.3 Å². The zero-order valence-electron chi connectivity index (χ0n) is 15.5. The van der Waals surface area contributed by atoms with Crippen molar-refractivity contribution in [3.05, 3.63) is 58.7 Å². The number of methoxy groups -OCH3 is 1. The molecule has 3 rings (SSSR count). The van der Waals surface area contributed by atoms with Crippen molar-refractivity contribution in [2.45, 2.75) is 16.0 Å². The summed E-state index contributed by atoms with van der Waals surface area (Å²) in [5.41, 5.74) is -0.752. The van der Waals surface area contributed by atoms with Gasteiger partial charge in [-0.15, -0.1) is 11.8 Å². The second-order valence-corrected chi connectivity index (χ2v) is 9.85. The number of benzene rings is 2. The molecule has 0 radical (unpaired) electrons. The van der Waals surface area contributed by atoms with E-state index in [1.54, 1.807) is 24.3 Å². The molecule has 2 aromatic carbocycles. The highest BCUT2D eigenvalue weighted by molar-refractivity contribution is 9.10. The quantitative estimate of drug-likeness (QED) is 0.347. The van der Waals surface area contributed by atoms with Gasteiger partial charge in [-0.3, -0.25) is 0 Å². The van der Waals surface area contributed by atoms with Crippen LogP contribution in [0.5, 0.6) is 5.75 Å². The maximum Gasteiger partial charge on any atom is 0.433 e. The van der Waals surface area contributed by atoms with Crippen molar-refractivity contribution in [1.29, 1.82) is 0 Å². The Morgan fingerprint density at radius 2 is 1.90 bits per heavy atom. The molecule has 3 aromatic rings. The number of rotatable bonds is 7. The van der Waals surface area contributed by atoms with Gasteiger partial charge in [-0.25, -0.2) is 18.1 Å². The summed E-state index contributed by atoms with van der Waals surface area (Å²) in [6.07, 6.45) is -4.57. The van der Waals surface area contributed by atoms with Gasteiger partial charge in [-0.05, 0) is 30.3 Å². The van der Waals surface area contributed by atoms with Crippen LogP contribution < -0.4 is 9.46 Å². The summed E-state index contributed by atoms with van der Waals surface area (Å²) in [5, 5.41) is 0.576. The van der Waals surface area contributed by atoms with Gasteiger partial charge >= 0.3 is 6.18 Å². The molecule has 5 nitrogen and oxygen atoms in total. The van der Waals surface area contributed by atoms with Gasteiger partial charge in [0, 0.05) is 27.1 Å². The van der Waals surface area contributed by atoms with Crippen LogP contribution in [-0.2, 0) is 16.2 Å². The zero-order valence-corrected chi connectivity index (χ0v) is 18.8. The third-order valence-electron chi connectivity index (χ3n) is 4.04. The van der Waals surface area contributed by atoms with Crippen molar-refractivity contribution in [3.8, 4) is 5.75 Å². The highest BCUT2D eigenvalue weighted by Crippen LogP contribution is 2.34. The Labute approximate surface area is 184 Å². The van der Waals surface area contributed by atoms with Crippen molar-refractivity contribution in [2.75, 3.05) is 19.4 Å². The molecule has 1 aromatic heterocycles. The fraction of sp³-hybridized carbons (Fsp3) is 0.211. The van der Waals surface area contributed by atoms with Crippen molar-refractivity contribution in [2.24, 2.45) is 0 Å². The smallest absolute Gasteiger partial charge is 0.433 e. The van der Waals surface area contributed by atoms with E-state index >= 15 is 0 Å². The number of hydrogen-bond donors (Lipinski definition) is 1. The average Bonchev–Trinajstić information content (AvgIpc) is 2.70. The number of fused-ring (bicyclic) bond motifs is 1. The van der Waals surface area contributed by atoms with E-state index in [4.69, 9.17) is 4.74 Å². The van der Waals surface area contributed by atoms with Crippen LogP contribution in [0.2, 0.25) is 0 Å². The van der Waals surface area contributed by atoms with Gasteiger partial charge in [-0.2, -0.15) is 13.2 Å². The summed E-state index contributed by atoms with van der Waals surface area (Å²) in [5.74, 6) is 0.411. The van der Waals surface area contributed by atoms with E-state index < -0.39 is 21.9 Å². The molecule has 0 aliphatic heterocycles. The number of para-hydroxylation sites is 1. The molecule has 11 heteroatoms. The number of aromatic nitrogens is 1. The number of thioether (sulfide) groups is 1. The maximum absolute atomic E-state index is 13.2. The first-order chi connectivity index (χ1) is 14.1. The summed E-state index contributed by atoms with van der Waals surface area (Å²) in [4.78, 5) is 4.03. The van der Waals surface area contributed by atoms with Gasteiger partial charge in [-0.1, -0.05) is 34.1 Å². The van der Waals surface area contributed by atoms with Crippen LogP contribution in [0.15, 0.2) is 62.8 Å². The number of ether oxygens (including phenoxy) is 1. The Morgan fingerprint density at radius 3 is 2.60 bits per heavy atom. The number of halogens is 4. The van der Waals surface area contributed by atoms with Gasteiger partial charge in [0.05, 0.1) is 12.6 Å². The number of alkyl halides is 3. The van der Waals surface area contributed by atoms with Gasteiger partial charge in [0.2, 0.25) is 10.0 Å². The molecule has 0 unspecified atom stereocenters. The molecule has 160 valence electrons. The summed E-state index contributed by atoms with van der Waals surface area (Å²) >= 11 is 4.35. The van der Waals surface area contributed by atoms with Crippen LogP contribution in [0.25, 0.3) is 10.9 Å². The molecule has 0 atom stereocenters. The third-order valence-corrected chi connectivity index (χ3v) is 7.07. The predicted octanol–water partition coefficient (Wildman–Crippen LogP) is 5.10. The van der Waals surface area contributed by atoms with E-state index in [2.05, 4.69) is 25.6 Å². The largest absolute Gasteiger partial charge is 0.495 e. The van der Waals surface area contributed by atoms with Crippen molar-refractivity contribution >= 4 is 48.6 Å². The highest BCUT2D eigenvalue weighted by atomic mass is 79.9. The van der Waals surface area contributed by atoms with Gasteiger partial charge in [0.25, 0.3) is 0 Å². The number of pyridine rings is 1. The van der Waals surface area contributed by atoms with Gasteiger partial charge < -0.3 is 4.74 Å². The van der Waals surface area contributed by atoms with Crippen molar-refractivity contribution in [1.82, 2.24) is 9.71 Å². The molecule has 1 heterocycles. The first-order valence-electron chi connectivity index (χ1n) is 8.55. The molecule has 0 amide bonds. The Balaban J connectivity index is 1.76. The average molecular weight is 521 g/mol. The first-order valence-corrected chi connectivity index (χ1v) is 11.8. The lowest BCUT2D eigenvalue weighted by atomic mass is 10.2. The van der Waals surface area contributed by atoms with Crippen LogP contribution >= 0.6 is 27.7 Å². The highest BCUT2D eigenvalue weighted by Gasteiger charge is 2.33. The van der Waals surface area contributed by atoms with Crippen LogP contribution in [-0.4, -0.2) is 32.8 Å². The number of hydrogen-bond acceptors (Lipinski definition) is 5. The monoisotopic (exact) mass is 520 g/mol. The molecule has 30 heavy (non-hydrogen) atoms. The summed E-state index contributed by atoms with van der Waals surface area (Å²) in [6.45, 7) is 0.0146. The Kier molecular flexibility index (Phi) is 6.95. The van der Waals surface area contributed by atoms with Gasteiger partial charge in [0.1, 0.15) is 16.3 Å². The zero-order chi connectivity index (χ0) is 21.9. The number of nitrogens with one attached hydrogen (secondary N) is 1. The van der Waals surface area contributed by atoms with E-state index in [9.17, 15) is 21.6 Å². The van der Waals surface area contributed by atoms with E-state index in [0.29, 0.717) is 14.8 Å². The van der Waals surface area contributed by atoms with Crippen LogP contribution in [0, 0.1) is 0 Å². The van der Waals surface area contributed by atoms with E-state index in [-0.39, 0.29) is 28.5 Å². The lowest BCUT2D eigenvalue weighted by Gasteiger charge is -2.13. The second kappa shape index (κ2) is 9.13. The second-order valence-electron chi connectivity index (χ2n) is 6.06. The molecule has 0 aliphatic rings. The fourth-order valence-corrected chi connectivity index (χ4v) is 5.50. The van der Waals surface area contributed by atoms with E-state index in [1.807, 2.05) is 0 Å². The molecule has 0 saturated heterocycles.